The molecule has 0 radical (unpaired) electrons. The average Bonchev–Trinajstić information content (AvgIpc) is 2.85. The van der Waals surface area contributed by atoms with Gasteiger partial charge in [-0.2, -0.15) is 0 Å². The first kappa shape index (κ1) is 17.8. The minimum atomic E-state index is -0.0232. The van der Waals surface area contributed by atoms with Crippen LogP contribution in [0.3, 0.4) is 0 Å². The second-order valence-corrected chi connectivity index (χ2v) is 5.53. The molecule has 124 valence electrons. The molecule has 3 nitrogen and oxygen atoms in total. The maximum atomic E-state index is 12.9. The van der Waals surface area contributed by atoms with Crippen LogP contribution in [0.4, 0.5) is 5.69 Å². The van der Waals surface area contributed by atoms with E-state index in [1.165, 1.54) is 0 Å². The molecular weight excluding hydrogens is 320 g/mol. The Balaban J connectivity index is 0.00000208. The predicted molar refractivity (Wildman–Crippen MR) is 102 cm³/mol. The summed E-state index contributed by atoms with van der Waals surface area (Å²) in [5, 5.41) is 0. The van der Waals surface area contributed by atoms with Crippen LogP contribution in [0.1, 0.15) is 28.5 Å². The maximum absolute atomic E-state index is 12.9. The van der Waals surface area contributed by atoms with E-state index in [4.69, 9.17) is 5.73 Å². The van der Waals surface area contributed by atoms with Crippen molar-refractivity contribution < 1.29 is 4.79 Å². The van der Waals surface area contributed by atoms with Gasteiger partial charge in [0, 0.05) is 23.4 Å². The summed E-state index contributed by atoms with van der Waals surface area (Å²) < 4.78 is 2.11. The van der Waals surface area contributed by atoms with Crippen LogP contribution in [-0.4, -0.2) is 10.4 Å². The highest BCUT2D eigenvalue weighted by Crippen LogP contribution is 2.35. The lowest BCUT2D eigenvalue weighted by Gasteiger charge is -2.09. The summed E-state index contributed by atoms with van der Waals surface area (Å²) in [5.41, 5.74) is 11.1. The number of nitrogens with two attached hydrogens (primary N) is 1. The second kappa shape index (κ2) is 7.37. The van der Waals surface area contributed by atoms with Crippen molar-refractivity contribution in [2.75, 3.05) is 5.73 Å². The number of carbonyl (C=O) groups is 1. The number of rotatable bonds is 4. The standard InChI is InChI=1S/C20H20N2O.ClH/c1-3-22-14(2)17(20(23)16-12-8-5-9-13-16)18(21)19(22)15-10-6-4-7-11-15;/h4-13H,3,21H2,1-2H3;1H. The van der Waals surface area contributed by atoms with E-state index >= 15 is 0 Å². The van der Waals surface area contributed by atoms with E-state index in [1.54, 1.807) is 0 Å². The van der Waals surface area contributed by atoms with Crippen molar-refractivity contribution in [1.82, 2.24) is 4.57 Å². The van der Waals surface area contributed by atoms with Crippen molar-refractivity contribution in [1.29, 1.82) is 0 Å². The van der Waals surface area contributed by atoms with Crippen LogP contribution in [0.15, 0.2) is 60.7 Å². The number of carbonyl (C=O) groups excluding carboxylic acids is 1. The summed E-state index contributed by atoms with van der Waals surface area (Å²) in [6.45, 7) is 4.79. The normalized spacial score (nSPS) is 10.2. The average molecular weight is 341 g/mol. The lowest BCUT2D eigenvalue weighted by Crippen LogP contribution is -2.06. The van der Waals surface area contributed by atoms with Crippen LogP contribution in [0, 0.1) is 6.92 Å². The molecule has 0 fully saturated rings. The number of halogens is 1. The number of hydrogen-bond acceptors (Lipinski definition) is 2. The van der Waals surface area contributed by atoms with Crippen LogP contribution in [0.5, 0.6) is 0 Å². The number of anilines is 1. The third kappa shape index (κ3) is 2.95. The molecule has 0 atom stereocenters. The van der Waals surface area contributed by atoms with Gasteiger partial charge < -0.3 is 10.3 Å². The van der Waals surface area contributed by atoms with E-state index in [9.17, 15) is 4.79 Å². The number of benzene rings is 2. The number of aromatic nitrogens is 1. The van der Waals surface area contributed by atoms with Gasteiger partial charge in [-0.25, -0.2) is 0 Å². The van der Waals surface area contributed by atoms with E-state index < -0.39 is 0 Å². The van der Waals surface area contributed by atoms with Crippen LogP contribution < -0.4 is 5.73 Å². The first-order valence-corrected chi connectivity index (χ1v) is 7.78. The summed E-state index contributed by atoms with van der Waals surface area (Å²) in [7, 11) is 0. The van der Waals surface area contributed by atoms with Crippen molar-refractivity contribution in [3.8, 4) is 11.3 Å². The second-order valence-electron chi connectivity index (χ2n) is 5.53. The highest BCUT2D eigenvalue weighted by Gasteiger charge is 2.24. The van der Waals surface area contributed by atoms with Crippen molar-refractivity contribution >= 4 is 23.9 Å². The van der Waals surface area contributed by atoms with Crippen LogP contribution in [-0.2, 0) is 6.54 Å². The topological polar surface area (TPSA) is 48.0 Å². The molecule has 0 saturated heterocycles. The molecule has 2 aromatic carbocycles. The van der Waals surface area contributed by atoms with Crippen LogP contribution in [0.2, 0.25) is 0 Å². The molecular formula is C20H21ClN2O. The molecule has 0 amide bonds. The minimum absolute atomic E-state index is 0. The van der Waals surface area contributed by atoms with E-state index in [2.05, 4.69) is 11.5 Å². The van der Waals surface area contributed by atoms with E-state index in [1.807, 2.05) is 67.6 Å². The summed E-state index contributed by atoms with van der Waals surface area (Å²) >= 11 is 0. The lowest BCUT2D eigenvalue weighted by atomic mass is 10.0. The number of nitrogen functional groups attached to an aromatic ring is 1. The monoisotopic (exact) mass is 340 g/mol. The van der Waals surface area contributed by atoms with Gasteiger partial charge in [0.2, 0.25) is 0 Å². The Bertz CT molecular complexity index is 839. The highest BCUT2D eigenvalue weighted by atomic mass is 35.5. The van der Waals surface area contributed by atoms with Gasteiger partial charge in [-0.3, -0.25) is 4.79 Å². The minimum Gasteiger partial charge on any atom is -0.396 e. The zero-order valence-corrected chi connectivity index (χ0v) is 14.6. The molecule has 0 aliphatic rings. The molecule has 2 N–H and O–H groups in total. The fourth-order valence-electron chi connectivity index (χ4n) is 3.08. The fourth-order valence-corrected chi connectivity index (χ4v) is 3.08. The first-order chi connectivity index (χ1) is 11.1. The molecule has 3 aromatic rings. The van der Waals surface area contributed by atoms with Crippen molar-refractivity contribution in [2.24, 2.45) is 0 Å². The SMILES string of the molecule is CCn1c(C)c(C(=O)c2ccccc2)c(N)c1-c1ccccc1.Cl. The van der Waals surface area contributed by atoms with Gasteiger partial charge in [0.15, 0.2) is 5.78 Å². The number of ketones is 1. The van der Waals surface area contributed by atoms with Gasteiger partial charge in [0.05, 0.1) is 16.9 Å². The molecule has 3 rings (SSSR count). The zero-order valence-electron chi connectivity index (χ0n) is 13.8. The van der Waals surface area contributed by atoms with Gasteiger partial charge in [0.25, 0.3) is 0 Å². The lowest BCUT2D eigenvalue weighted by molar-refractivity contribution is 0.103. The summed E-state index contributed by atoms with van der Waals surface area (Å²) in [4.78, 5) is 12.9. The number of nitrogens with zero attached hydrogens (tertiary/aromatic N) is 1. The third-order valence-corrected chi connectivity index (χ3v) is 4.19. The molecule has 1 heterocycles. The maximum Gasteiger partial charge on any atom is 0.196 e. The Morgan fingerprint density at radius 2 is 1.54 bits per heavy atom. The smallest absolute Gasteiger partial charge is 0.196 e. The molecule has 0 unspecified atom stereocenters. The zero-order chi connectivity index (χ0) is 16.4. The third-order valence-electron chi connectivity index (χ3n) is 4.19. The number of hydrogen-bond donors (Lipinski definition) is 1. The Kier molecular flexibility index (Phi) is 5.47. The first-order valence-electron chi connectivity index (χ1n) is 7.78. The van der Waals surface area contributed by atoms with Crippen molar-refractivity contribution in [3.05, 3.63) is 77.5 Å². The van der Waals surface area contributed by atoms with Gasteiger partial charge in [-0.05, 0) is 13.8 Å². The Morgan fingerprint density at radius 3 is 2.08 bits per heavy atom. The van der Waals surface area contributed by atoms with Crippen LogP contribution >= 0.6 is 12.4 Å². The molecule has 0 aliphatic heterocycles. The molecule has 0 saturated carbocycles. The molecule has 0 aliphatic carbocycles. The van der Waals surface area contributed by atoms with Crippen LogP contribution in [0.25, 0.3) is 11.3 Å². The molecule has 0 bridgehead atoms. The van der Waals surface area contributed by atoms with Gasteiger partial charge in [-0.15, -0.1) is 12.4 Å². The van der Waals surface area contributed by atoms with Gasteiger partial charge in [-0.1, -0.05) is 60.7 Å². The molecule has 4 heteroatoms. The summed E-state index contributed by atoms with van der Waals surface area (Å²) in [6, 6.07) is 19.3. The quantitative estimate of drug-likeness (QED) is 0.699. The molecule has 1 aromatic heterocycles. The van der Waals surface area contributed by atoms with E-state index in [-0.39, 0.29) is 18.2 Å². The summed E-state index contributed by atoms with van der Waals surface area (Å²) in [5.74, 6) is -0.0232. The van der Waals surface area contributed by atoms with Gasteiger partial charge in [0.1, 0.15) is 0 Å². The van der Waals surface area contributed by atoms with E-state index in [0.29, 0.717) is 16.8 Å². The van der Waals surface area contributed by atoms with Crippen molar-refractivity contribution in [2.45, 2.75) is 20.4 Å². The van der Waals surface area contributed by atoms with E-state index in [0.717, 1.165) is 23.5 Å². The van der Waals surface area contributed by atoms with Crippen molar-refractivity contribution in [3.63, 3.8) is 0 Å². The predicted octanol–water partition coefficient (Wildman–Crippen LogP) is 4.72. The highest BCUT2D eigenvalue weighted by molar-refractivity contribution is 6.14. The Hall–Kier alpha value is -2.52. The van der Waals surface area contributed by atoms with Gasteiger partial charge >= 0.3 is 0 Å². The molecule has 24 heavy (non-hydrogen) atoms. The largest absolute Gasteiger partial charge is 0.396 e. The Labute approximate surface area is 148 Å². The molecule has 0 spiro atoms. The Morgan fingerprint density at radius 1 is 1.00 bits per heavy atom. The fraction of sp³-hybridized carbons (Fsp3) is 0.150. The summed E-state index contributed by atoms with van der Waals surface area (Å²) in [6.07, 6.45) is 0.